The molecule has 0 bridgehead atoms. The van der Waals surface area contributed by atoms with E-state index in [9.17, 15) is 0 Å². The first-order valence-corrected chi connectivity index (χ1v) is 7.45. The Morgan fingerprint density at radius 2 is 2.11 bits per heavy atom. The van der Waals surface area contributed by atoms with Crippen molar-refractivity contribution in [1.29, 1.82) is 0 Å². The van der Waals surface area contributed by atoms with E-state index in [1.54, 1.807) is 0 Å². The minimum absolute atomic E-state index is 0.326. The van der Waals surface area contributed by atoms with E-state index in [4.69, 9.17) is 17.3 Å². The van der Waals surface area contributed by atoms with Crippen LogP contribution in [0.5, 0.6) is 0 Å². The fourth-order valence-electron chi connectivity index (χ4n) is 2.91. The highest BCUT2D eigenvalue weighted by atomic mass is 35.5. The van der Waals surface area contributed by atoms with E-state index in [0.29, 0.717) is 24.0 Å². The van der Waals surface area contributed by atoms with E-state index in [0.717, 1.165) is 11.4 Å². The molecule has 0 aromatic heterocycles. The number of guanidine groups is 1. The van der Waals surface area contributed by atoms with Crippen molar-refractivity contribution >= 4 is 17.6 Å². The third-order valence-corrected chi connectivity index (χ3v) is 4.28. The molecule has 0 saturated heterocycles. The monoisotopic (exact) mass is 277 g/mol. The van der Waals surface area contributed by atoms with Gasteiger partial charge in [-0.25, -0.2) is 4.99 Å². The summed E-state index contributed by atoms with van der Waals surface area (Å²) in [6.45, 7) is 0. The summed E-state index contributed by atoms with van der Waals surface area (Å²) in [6, 6.07) is 8.91. The van der Waals surface area contributed by atoms with Crippen molar-refractivity contribution in [3.05, 3.63) is 34.9 Å². The van der Waals surface area contributed by atoms with Gasteiger partial charge in [-0.15, -0.1) is 0 Å². The number of nitrogens with two attached hydrogens (primary N) is 1. The lowest BCUT2D eigenvalue weighted by Crippen LogP contribution is -2.38. The van der Waals surface area contributed by atoms with Crippen molar-refractivity contribution in [2.75, 3.05) is 0 Å². The van der Waals surface area contributed by atoms with Crippen LogP contribution in [0, 0.1) is 0 Å². The first-order chi connectivity index (χ1) is 9.22. The van der Waals surface area contributed by atoms with Crippen LogP contribution in [0.2, 0.25) is 5.02 Å². The van der Waals surface area contributed by atoms with Crippen LogP contribution < -0.4 is 11.1 Å². The molecule has 1 aromatic rings. The van der Waals surface area contributed by atoms with Gasteiger partial charge in [0.1, 0.15) is 0 Å². The van der Waals surface area contributed by atoms with E-state index in [-0.39, 0.29) is 0 Å². The molecule has 1 aromatic carbocycles. The minimum atomic E-state index is 0.326. The highest BCUT2D eigenvalue weighted by Gasteiger charge is 2.38. The second kappa shape index (κ2) is 5.41. The van der Waals surface area contributed by atoms with E-state index >= 15 is 0 Å². The summed E-state index contributed by atoms with van der Waals surface area (Å²) < 4.78 is 0. The summed E-state index contributed by atoms with van der Waals surface area (Å²) in [6.07, 6.45) is 6.13. The summed E-state index contributed by atoms with van der Waals surface area (Å²) in [5, 5.41) is 4.13. The van der Waals surface area contributed by atoms with Crippen LogP contribution in [0.3, 0.4) is 0 Å². The third-order valence-electron chi connectivity index (χ3n) is 4.05. The molecule has 102 valence electrons. The SMILES string of the molecule is NC(=N[C@@H]1C[C@H]1c1cccc(Cl)c1)NC1CCCC1. The van der Waals surface area contributed by atoms with Crippen LogP contribution >= 0.6 is 11.6 Å². The van der Waals surface area contributed by atoms with E-state index in [1.165, 1.54) is 31.2 Å². The number of hydrogen-bond acceptors (Lipinski definition) is 1. The number of aliphatic imine (C=N–C) groups is 1. The number of hydrogen-bond donors (Lipinski definition) is 2. The Balaban J connectivity index is 1.57. The predicted molar refractivity (Wildman–Crippen MR) is 79.6 cm³/mol. The molecule has 3 nitrogen and oxygen atoms in total. The second-order valence-corrected chi connectivity index (χ2v) is 6.04. The maximum absolute atomic E-state index is 6.01. The summed E-state index contributed by atoms with van der Waals surface area (Å²) in [7, 11) is 0. The molecule has 2 aliphatic rings. The van der Waals surface area contributed by atoms with Crippen molar-refractivity contribution in [3.8, 4) is 0 Å². The number of nitrogens with one attached hydrogen (secondary N) is 1. The summed E-state index contributed by atoms with van der Waals surface area (Å²) in [5.74, 6) is 1.10. The quantitative estimate of drug-likeness (QED) is 0.659. The Kier molecular flexibility index (Phi) is 3.65. The van der Waals surface area contributed by atoms with Crippen LogP contribution in [-0.4, -0.2) is 18.0 Å². The molecule has 2 fully saturated rings. The molecule has 0 amide bonds. The largest absolute Gasteiger partial charge is 0.370 e. The van der Waals surface area contributed by atoms with E-state index < -0.39 is 0 Å². The molecule has 19 heavy (non-hydrogen) atoms. The van der Waals surface area contributed by atoms with Gasteiger partial charge in [0.2, 0.25) is 0 Å². The molecular formula is C15H20ClN3. The van der Waals surface area contributed by atoms with Crippen molar-refractivity contribution in [2.45, 2.75) is 50.1 Å². The lowest BCUT2D eigenvalue weighted by atomic mass is 10.1. The standard InChI is InChI=1S/C15H20ClN3/c16-11-5-3-4-10(8-11)13-9-14(13)19-15(17)18-12-6-1-2-7-12/h3-5,8,12-14H,1-2,6-7,9H2,(H3,17,18,19)/t13-,14+/m0/s1. The molecule has 2 atom stereocenters. The molecule has 0 spiro atoms. The van der Waals surface area contributed by atoms with Gasteiger partial charge in [-0.05, 0) is 37.0 Å². The van der Waals surface area contributed by atoms with Crippen LogP contribution in [0.25, 0.3) is 0 Å². The van der Waals surface area contributed by atoms with Gasteiger partial charge in [-0.2, -0.15) is 0 Å². The fraction of sp³-hybridized carbons (Fsp3) is 0.533. The molecule has 2 saturated carbocycles. The topological polar surface area (TPSA) is 50.4 Å². The van der Waals surface area contributed by atoms with Crippen LogP contribution in [0.15, 0.2) is 29.3 Å². The van der Waals surface area contributed by atoms with Gasteiger partial charge < -0.3 is 11.1 Å². The van der Waals surface area contributed by atoms with Gasteiger partial charge in [-0.1, -0.05) is 36.6 Å². The summed E-state index contributed by atoms with van der Waals surface area (Å²) in [4.78, 5) is 4.58. The van der Waals surface area contributed by atoms with Crippen molar-refractivity contribution in [2.24, 2.45) is 10.7 Å². The molecule has 0 unspecified atom stereocenters. The van der Waals surface area contributed by atoms with Gasteiger partial charge in [-0.3, -0.25) is 0 Å². The summed E-state index contributed by atoms with van der Waals surface area (Å²) >= 11 is 6.01. The second-order valence-electron chi connectivity index (χ2n) is 5.60. The van der Waals surface area contributed by atoms with Crippen molar-refractivity contribution in [3.63, 3.8) is 0 Å². The number of benzene rings is 1. The molecule has 0 heterocycles. The first kappa shape index (κ1) is 12.8. The molecule has 2 aliphatic carbocycles. The lowest BCUT2D eigenvalue weighted by Gasteiger charge is -2.12. The smallest absolute Gasteiger partial charge is 0.189 e. The minimum Gasteiger partial charge on any atom is -0.370 e. The highest BCUT2D eigenvalue weighted by molar-refractivity contribution is 6.30. The zero-order valence-corrected chi connectivity index (χ0v) is 11.7. The Morgan fingerprint density at radius 3 is 2.84 bits per heavy atom. The summed E-state index contributed by atoms with van der Waals surface area (Å²) in [5.41, 5.74) is 7.25. The average molecular weight is 278 g/mol. The third kappa shape index (κ3) is 3.21. The van der Waals surface area contributed by atoms with Gasteiger partial charge in [0.15, 0.2) is 5.96 Å². The number of rotatable bonds is 3. The molecule has 3 N–H and O–H groups in total. The van der Waals surface area contributed by atoms with Gasteiger partial charge in [0, 0.05) is 17.0 Å². The molecular weight excluding hydrogens is 258 g/mol. The molecule has 0 aliphatic heterocycles. The van der Waals surface area contributed by atoms with Crippen molar-refractivity contribution in [1.82, 2.24) is 5.32 Å². The molecule has 3 rings (SSSR count). The Labute approximate surface area is 119 Å². The predicted octanol–water partition coefficient (Wildman–Crippen LogP) is 3.04. The maximum atomic E-state index is 6.01. The van der Waals surface area contributed by atoms with Crippen molar-refractivity contribution < 1.29 is 0 Å². The van der Waals surface area contributed by atoms with Crippen LogP contribution in [-0.2, 0) is 0 Å². The fourth-order valence-corrected chi connectivity index (χ4v) is 3.11. The number of halogens is 1. The maximum Gasteiger partial charge on any atom is 0.189 e. The van der Waals surface area contributed by atoms with Crippen LogP contribution in [0.1, 0.15) is 43.6 Å². The molecule has 4 heteroatoms. The zero-order chi connectivity index (χ0) is 13.2. The highest BCUT2D eigenvalue weighted by Crippen LogP contribution is 2.43. The Hall–Kier alpha value is -1.22. The first-order valence-electron chi connectivity index (χ1n) is 7.07. The van der Waals surface area contributed by atoms with Gasteiger partial charge in [0.05, 0.1) is 6.04 Å². The molecule has 0 radical (unpaired) electrons. The lowest BCUT2D eigenvalue weighted by molar-refractivity contribution is 0.625. The van der Waals surface area contributed by atoms with Crippen LogP contribution in [0.4, 0.5) is 0 Å². The normalized spacial score (nSPS) is 27.5. The van der Waals surface area contributed by atoms with Gasteiger partial charge >= 0.3 is 0 Å². The van der Waals surface area contributed by atoms with E-state index in [1.807, 2.05) is 18.2 Å². The van der Waals surface area contributed by atoms with Gasteiger partial charge in [0.25, 0.3) is 0 Å². The average Bonchev–Trinajstić information content (AvgIpc) is 2.94. The Morgan fingerprint density at radius 1 is 1.32 bits per heavy atom. The number of nitrogens with zero attached hydrogens (tertiary/aromatic N) is 1. The Bertz CT molecular complexity index is 480. The van der Waals surface area contributed by atoms with E-state index in [2.05, 4.69) is 16.4 Å². The zero-order valence-electron chi connectivity index (χ0n) is 11.0.